The molecule has 2 atom stereocenters. The molecule has 2 heterocycles. The number of hydrogen-bond acceptors (Lipinski definition) is 3. The van der Waals surface area contributed by atoms with Crippen molar-refractivity contribution in [2.24, 2.45) is 5.92 Å². The molecule has 2 unspecified atom stereocenters. The largest absolute Gasteiger partial charge is 0.377 e. The Morgan fingerprint density at radius 1 is 0.962 bits per heavy atom. The van der Waals surface area contributed by atoms with Crippen molar-refractivity contribution in [3.63, 3.8) is 0 Å². The summed E-state index contributed by atoms with van der Waals surface area (Å²) < 4.78 is 0. The summed E-state index contributed by atoms with van der Waals surface area (Å²) in [5, 5.41) is 0. The Morgan fingerprint density at radius 3 is 2.23 bits per heavy atom. The molecule has 2 aromatic carbocycles. The van der Waals surface area contributed by atoms with Crippen LogP contribution < -0.4 is 4.90 Å². The van der Waals surface area contributed by atoms with E-state index in [1.807, 2.05) is 43.3 Å². The zero-order valence-electron chi connectivity index (χ0n) is 15.8. The fourth-order valence-corrected chi connectivity index (χ4v) is 4.83. The number of para-hydroxylation sites is 1. The van der Waals surface area contributed by atoms with Gasteiger partial charge in [0.15, 0.2) is 5.78 Å². The van der Waals surface area contributed by atoms with Crippen LogP contribution in [-0.4, -0.2) is 36.9 Å². The first-order valence-electron chi connectivity index (χ1n) is 9.73. The number of fused-ring (bicyclic) bond motifs is 2. The second kappa shape index (κ2) is 7.24. The van der Waals surface area contributed by atoms with Crippen molar-refractivity contribution >= 4 is 11.5 Å². The molecule has 2 aliphatic heterocycles. The van der Waals surface area contributed by atoms with Crippen molar-refractivity contribution in [1.82, 2.24) is 4.90 Å². The summed E-state index contributed by atoms with van der Waals surface area (Å²) in [7, 11) is 4.02. The lowest BCUT2D eigenvalue weighted by molar-refractivity contribution is 0.0678. The van der Waals surface area contributed by atoms with Gasteiger partial charge in [-0.15, -0.1) is 0 Å². The Morgan fingerprint density at radius 2 is 1.58 bits per heavy atom. The topological polar surface area (TPSA) is 23.6 Å². The normalized spacial score (nSPS) is 25.2. The van der Waals surface area contributed by atoms with Crippen molar-refractivity contribution < 1.29 is 4.79 Å². The number of hydrogen-bond donors (Lipinski definition) is 0. The number of nitrogens with zero attached hydrogens (tertiary/aromatic N) is 2. The van der Waals surface area contributed by atoms with Crippen molar-refractivity contribution in [1.29, 1.82) is 0 Å². The number of piperidine rings is 1. The molecule has 0 amide bonds. The van der Waals surface area contributed by atoms with Gasteiger partial charge >= 0.3 is 0 Å². The predicted octanol–water partition coefficient (Wildman–Crippen LogP) is 4.38. The third kappa shape index (κ3) is 3.28. The second-order valence-electron chi connectivity index (χ2n) is 7.99. The minimum absolute atomic E-state index is 0.167. The maximum absolute atomic E-state index is 13.3. The molecule has 0 N–H and O–H groups in total. The summed E-state index contributed by atoms with van der Waals surface area (Å²) >= 11 is 0. The highest BCUT2D eigenvalue weighted by Crippen LogP contribution is 2.41. The highest BCUT2D eigenvalue weighted by molar-refractivity contribution is 6.02. The van der Waals surface area contributed by atoms with Gasteiger partial charge in [-0.25, -0.2) is 0 Å². The zero-order chi connectivity index (χ0) is 18.1. The SMILES string of the molecule is CN(C)c1ccccc1C(=O)C1CC2CCC(C1)N2Cc1ccccc1. The number of Topliss-reactive ketones (excluding diaryl/α,β-unsaturated/α-hetero) is 1. The maximum Gasteiger partial charge on any atom is 0.168 e. The third-order valence-corrected chi connectivity index (χ3v) is 6.11. The molecule has 26 heavy (non-hydrogen) atoms. The van der Waals surface area contributed by atoms with E-state index in [1.165, 1.54) is 18.4 Å². The fourth-order valence-electron chi connectivity index (χ4n) is 4.83. The molecule has 3 heteroatoms. The van der Waals surface area contributed by atoms with E-state index in [0.29, 0.717) is 17.9 Å². The Kier molecular flexibility index (Phi) is 4.82. The van der Waals surface area contributed by atoms with Crippen molar-refractivity contribution in [3.05, 3.63) is 65.7 Å². The van der Waals surface area contributed by atoms with Gasteiger partial charge in [0.25, 0.3) is 0 Å². The number of carbonyl (C=O) groups excluding carboxylic acids is 1. The van der Waals surface area contributed by atoms with Crippen LogP contribution in [0.3, 0.4) is 0 Å². The molecule has 2 saturated heterocycles. The molecule has 2 aromatic rings. The van der Waals surface area contributed by atoms with E-state index in [-0.39, 0.29) is 5.92 Å². The summed E-state index contributed by atoms with van der Waals surface area (Å²) in [5.74, 6) is 0.506. The second-order valence-corrected chi connectivity index (χ2v) is 7.99. The highest BCUT2D eigenvalue weighted by Gasteiger charge is 2.43. The minimum atomic E-state index is 0.167. The molecular formula is C23H28N2O. The molecule has 2 bridgehead atoms. The molecule has 0 spiro atoms. The minimum Gasteiger partial charge on any atom is -0.377 e. The molecule has 0 saturated carbocycles. The summed E-state index contributed by atoms with van der Waals surface area (Å²) in [4.78, 5) is 18.0. The van der Waals surface area contributed by atoms with Crippen LogP contribution >= 0.6 is 0 Å². The number of benzene rings is 2. The van der Waals surface area contributed by atoms with E-state index in [2.05, 4.69) is 35.2 Å². The molecule has 0 aromatic heterocycles. The molecular weight excluding hydrogens is 320 g/mol. The van der Waals surface area contributed by atoms with Crippen LogP contribution in [0.5, 0.6) is 0 Å². The average molecular weight is 348 g/mol. The smallest absolute Gasteiger partial charge is 0.168 e. The van der Waals surface area contributed by atoms with Crippen LogP contribution in [0.4, 0.5) is 5.69 Å². The first-order valence-corrected chi connectivity index (χ1v) is 9.73. The van der Waals surface area contributed by atoms with Gasteiger partial charge in [0.2, 0.25) is 0 Å². The molecule has 136 valence electrons. The Balaban J connectivity index is 1.50. The summed E-state index contributed by atoms with van der Waals surface area (Å²) in [6, 6.07) is 19.9. The molecule has 2 fully saturated rings. The van der Waals surface area contributed by atoms with Gasteiger partial charge in [0.05, 0.1) is 0 Å². The van der Waals surface area contributed by atoms with E-state index in [4.69, 9.17) is 0 Å². The lowest BCUT2D eigenvalue weighted by atomic mass is 9.84. The van der Waals surface area contributed by atoms with E-state index in [1.54, 1.807) is 0 Å². The number of anilines is 1. The standard InChI is InChI=1S/C23H28N2O/c1-24(2)22-11-7-6-10-21(22)23(26)18-14-19-12-13-20(15-18)25(19)16-17-8-4-3-5-9-17/h3-11,18-20H,12-16H2,1-2H3. The van der Waals surface area contributed by atoms with Crippen LogP contribution in [0, 0.1) is 5.92 Å². The van der Waals surface area contributed by atoms with Crippen LogP contribution in [0.2, 0.25) is 0 Å². The summed E-state index contributed by atoms with van der Waals surface area (Å²) in [5.41, 5.74) is 3.31. The lowest BCUT2D eigenvalue weighted by Gasteiger charge is -2.38. The van der Waals surface area contributed by atoms with Crippen LogP contribution in [0.25, 0.3) is 0 Å². The molecule has 0 aliphatic carbocycles. The Labute approximate surface area is 156 Å². The van der Waals surface area contributed by atoms with Gasteiger partial charge in [0.1, 0.15) is 0 Å². The van der Waals surface area contributed by atoms with Crippen LogP contribution in [0.1, 0.15) is 41.6 Å². The zero-order valence-corrected chi connectivity index (χ0v) is 15.8. The fraction of sp³-hybridized carbons (Fsp3) is 0.435. The van der Waals surface area contributed by atoms with E-state index in [0.717, 1.165) is 30.6 Å². The molecule has 2 aliphatic rings. The molecule has 0 radical (unpaired) electrons. The highest BCUT2D eigenvalue weighted by atomic mass is 16.1. The Hall–Kier alpha value is -2.13. The van der Waals surface area contributed by atoms with Gasteiger partial charge < -0.3 is 4.90 Å². The van der Waals surface area contributed by atoms with Crippen molar-refractivity contribution in [2.75, 3.05) is 19.0 Å². The van der Waals surface area contributed by atoms with Gasteiger partial charge in [0, 0.05) is 49.9 Å². The summed E-state index contributed by atoms with van der Waals surface area (Å²) in [6.07, 6.45) is 4.47. The van der Waals surface area contributed by atoms with E-state index < -0.39 is 0 Å². The predicted molar refractivity (Wildman–Crippen MR) is 107 cm³/mol. The molecule has 4 rings (SSSR count). The van der Waals surface area contributed by atoms with Gasteiger partial charge in [-0.3, -0.25) is 9.69 Å². The van der Waals surface area contributed by atoms with E-state index in [9.17, 15) is 4.79 Å². The Bertz CT molecular complexity index is 757. The first kappa shape index (κ1) is 17.3. The van der Waals surface area contributed by atoms with E-state index >= 15 is 0 Å². The third-order valence-electron chi connectivity index (χ3n) is 6.11. The van der Waals surface area contributed by atoms with Gasteiger partial charge in [-0.2, -0.15) is 0 Å². The average Bonchev–Trinajstić information content (AvgIpc) is 2.90. The number of rotatable bonds is 5. The van der Waals surface area contributed by atoms with Crippen LogP contribution in [0.15, 0.2) is 54.6 Å². The quantitative estimate of drug-likeness (QED) is 0.749. The van der Waals surface area contributed by atoms with Crippen LogP contribution in [-0.2, 0) is 6.54 Å². The van der Waals surface area contributed by atoms with Crippen molar-refractivity contribution in [2.45, 2.75) is 44.3 Å². The van der Waals surface area contributed by atoms with Gasteiger partial charge in [-0.05, 0) is 43.4 Å². The number of ketones is 1. The number of carbonyl (C=O) groups is 1. The van der Waals surface area contributed by atoms with Gasteiger partial charge in [-0.1, -0.05) is 42.5 Å². The van der Waals surface area contributed by atoms with Crippen molar-refractivity contribution in [3.8, 4) is 0 Å². The lowest BCUT2D eigenvalue weighted by Crippen LogP contribution is -2.44. The monoisotopic (exact) mass is 348 g/mol. The molecule has 3 nitrogen and oxygen atoms in total. The first-order chi connectivity index (χ1) is 12.6. The summed E-state index contributed by atoms with van der Waals surface area (Å²) in [6.45, 7) is 1.02. The maximum atomic E-state index is 13.3.